The van der Waals surface area contributed by atoms with Crippen molar-refractivity contribution in [2.24, 2.45) is 0 Å². The van der Waals surface area contributed by atoms with Crippen LogP contribution in [0.1, 0.15) is 181 Å². The first-order valence-corrected chi connectivity index (χ1v) is 23.0. The summed E-state index contributed by atoms with van der Waals surface area (Å²) in [5.74, 6) is -1.03. The largest absolute Gasteiger partial charge is 0.462 e. The lowest BCUT2D eigenvalue weighted by Crippen LogP contribution is -2.30. The van der Waals surface area contributed by atoms with Gasteiger partial charge in [-0.1, -0.05) is 188 Å². The summed E-state index contributed by atoms with van der Waals surface area (Å²) >= 11 is 0. The number of ether oxygens (including phenoxy) is 3. The van der Waals surface area contributed by atoms with Crippen LogP contribution >= 0.6 is 0 Å². The van der Waals surface area contributed by atoms with Gasteiger partial charge in [0.25, 0.3) is 0 Å². The molecule has 0 N–H and O–H groups in total. The summed E-state index contributed by atoms with van der Waals surface area (Å²) in [4.78, 5) is 37.8. The fourth-order valence-electron chi connectivity index (χ4n) is 5.73. The molecule has 1 unspecified atom stereocenters. The van der Waals surface area contributed by atoms with Gasteiger partial charge >= 0.3 is 17.9 Å². The van der Waals surface area contributed by atoms with E-state index in [-0.39, 0.29) is 31.6 Å². The van der Waals surface area contributed by atoms with Gasteiger partial charge in [-0.05, 0) is 83.5 Å². The van der Waals surface area contributed by atoms with Crippen molar-refractivity contribution in [1.29, 1.82) is 0 Å². The standard InChI is InChI=1S/C52H82O6/c1-4-7-10-13-16-19-22-25-26-28-30-33-36-39-42-45-51(54)57-48-49(47-56-50(53)44-41-38-35-32-29-24-21-18-15-12-9-6-3)58-52(55)46-43-40-37-34-31-27-23-20-17-14-11-8-5-2/h8-9,11-12,14,16-23,25,27,31,34,37,49H,4-7,10,13,15,24,26,28-30,32-33,35-36,38-48H2,1-3H3/b11-8-,12-9-,17-14-,19-16-,21-18-,23-20-,25-22-,31-27-,37-34-. The lowest BCUT2D eigenvalue weighted by atomic mass is 10.1. The Balaban J connectivity index is 4.55. The van der Waals surface area contributed by atoms with Crippen molar-refractivity contribution >= 4 is 17.9 Å². The molecule has 0 bridgehead atoms. The SMILES string of the molecule is CC\C=C/C=C\C=C/C=C\C=C/CCCC(=O)OC(COC(=O)CCCCCCC/C=C\C/C=C\CC)COC(=O)CCCCCCCC/C=C\C=C/CCCCC. The first-order valence-electron chi connectivity index (χ1n) is 23.0. The van der Waals surface area contributed by atoms with Crippen molar-refractivity contribution in [2.75, 3.05) is 13.2 Å². The molecule has 0 aromatic rings. The van der Waals surface area contributed by atoms with E-state index in [1.54, 1.807) is 0 Å². The van der Waals surface area contributed by atoms with Gasteiger partial charge in [-0.3, -0.25) is 14.4 Å². The van der Waals surface area contributed by atoms with Crippen LogP contribution in [-0.2, 0) is 28.6 Å². The van der Waals surface area contributed by atoms with Crippen molar-refractivity contribution in [3.63, 3.8) is 0 Å². The lowest BCUT2D eigenvalue weighted by molar-refractivity contribution is -0.167. The van der Waals surface area contributed by atoms with Gasteiger partial charge in [0.1, 0.15) is 13.2 Å². The second-order valence-electron chi connectivity index (χ2n) is 14.7. The molecule has 58 heavy (non-hydrogen) atoms. The molecule has 0 spiro atoms. The third-order valence-corrected chi connectivity index (χ3v) is 9.15. The predicted molar refractivity (Wildman–Crippen MR) is 247 cm³/mol. The first kappa shape index (κ1) is 54.1. The number of carbonyl (C=O) groups excluding carboxylic acids is 3. The third kappa shape index (κ3) is 43.2. The average Bonchev–Trinajstić information content (AvgIpc) is 3.22. The molecule has 0 aromatic heterocycles. The van der Waals surface area contributed by atoms with Crippen molar-refractivity contribution < 1.29 is 28.6 Å². The monoisotopic (exact) mass is 803 g/mol. The molecule has 0 aliphatic carbocycles. The summed E-state index contributed by atoms with van der Waals surface area (Å²) in [5, 5.41) is 0. The second kappa shape index (κ2) is 45.8. The highest BCUT2D eigenvalue weighted by molar-refractivity contribution is 5.71. The van der Waals surface area contributed by atoms with Gasteiger partial charge in [0, 0.05) is 19.3 Å². The Kier molecular flexibility index (Phi) is 42.7. The Bertz CT molecular complexity index is 1240. The van der Waals surface area contributed by atoms with Gasteiger partial charge in [-0.15, -0.1) is 0 Å². The number of unbranched alkanes of at least 4 members (excludes halogenated alkanes) is 15. The molecular formula is C52H82O6. The van der Waals surface area contributed by atoms with E-state index in [4.69, 9.17) is 14.2 Å². The van der Waals surface area contributed by atoms with Gasteiger partial charge < -0.3 is 14.2 Å². The highest BCUT2D eigenvalue weighted by Gasteiger charge is 2.19. The van der Waals surface area contributed by atoms with Gasteiger partial charge in [0.2, 0.25) is 0 Å². The normalized spacial score (nSPS) is 13.1. The number of hydrogen-bond acceptors (Lipinski definition) is 6. The molecule has 0 aromatic carbocycles. The highest BCUT2D eigenvalue weighted by atomic mass is 16.6. The summed E-state index contributed by atoms with van der Waals surface area (Å²) in [5.41, 5.74) is 0. The second-order valence-corrected chi connectivity index (χ2v) is 14.7. The molecule has 326 valence electrons. The molecule has 0 amide bonds. The Morgan fingerprint density at radius 3 is 1.31 bits per heavy atom. The van der Waals surface area contributed by atoms with Crippen molar-refractivity contribution in [2.45, 2.75) is 187 Å². The van der Waals surface area contributed by atoms with Crippen LogP contribution < -0.4 is 0 Å². The zero-order valence-corrected chi connectivity index (χ0v) is 37.0. The van der Waals surface area contributed by atoms with Crippen molar-refractivity contribution in [3.8, 4) is 0 Å². The minimum Gasteiger partial charge on any atom is -0.462 e. The number of esters is 3. The lowest BCUT2D eigenvalue weighted by Gasteiger charge is -2.18. The smallest absolute Gasteiger partial charge is 0.306 e. The molecule has 0 aliphatic heterocycles. The Morgan fingerprint density at radius 2 is 0.776 bits per heavy atom. The number of hydrogen-bond donors (Lipinski definition) is 0. The molecule has 0 aliphatic rings. The highest BCUT2D eigenvalue weighted by Crippen LogP contribution is 2.12. The van der Waals surface area contributed by atoms with Crippen LogP contribution in [0.15, 0.2) is 109 Å². The maximum atomic E-state index is 12.7. The van der Waals surface area contributed by atoms with Crippen molar-refractivity contribution in [1.82, 2.24) is 0 Å². The van der Waals surface area contributed by atoms with Gasteiger partial charge in [0.15, 0.2) is 6.10 Å². The minimum absolute atomic E-state index is 0.120. The van der Waals surface area contributed by atoms with Crippen molar-refractivity contribution in [3.05, 3.63) is 109 Å². The summed E-state index contributed by atoms with van der Waals surface area (Å²) in [6.45, 7) is 6.23. The van der Waals surface area contributed by atoms with Crippen LogP contribution in [0.2, 0.25) is 0 Å². The number of allylic oxidation sites excluding steroid dienone is 18. The first-order chi connectivity index (χ1) is 28.5. The Hall–Kier alpha value is -3.93. The molecule has 0 fully saturated rings. The Morgan fingerprint density at radius 1 is 0.379 bits per heavy atom. The number of rotatable bonds is 39. The topological polar surface area (TPSA) is 78.9 Å². The van der Waals surface area contributed by atoms with E-state index in [2.05, 4.69) is 75.5 Å². The quantitative estimate of drug-likeness (QED) is 0.0202. The average molecular weight is 803 g/mol. The summed E-state index contributed by atoms with van der Waals surface area (Å²) in [7, 11) is 0. The molecule has 0 radical (unpaired) electrons. The summed E-state index contributed by atoms with van der Waals surface area (Å²) < 4.78 is 16.6. The molecule has 6 heteroatoms. The zero-order valence-electron chi connectivity index (χ0n) is 37.0. The van der Waals surface area contributed by atoms with Crippen LogP contribution in [0.25, 0.3) is 0 Å². The van der Waals surface area contributed by atoms with E-state index in [0.29, 0.717) is 19.3 Å². The molecule has 0 saturated carbocycles. The molecule has 0 saturated heterocycles. The fourth-order valence-corrected chi connectivity index (χ4v) is 5.73. The maximum Gasteiger partial charge on any atom is 0.306 e. The van der Waals surface area contributed by atoms with Crippen LogP contribution in [-0.4, -0.2) is 37.2 Å². The van der Waals surface area contributed by atoms with E-state index in [0.717, 1.165) is 96.3 Å². The molecule has 0 heterocycles. The van der Waals surface area contributed by atoms with Gasteiger partial charge in [-0.2, -0.15) is 0 Å². The number of carbonyl (C=O) groups is 3. The van der Waals surface area contributed by atoms with Crippen LogP contribution in [0.3, 0.4) is 0 Å². The van der Waals surface area contributed by atoms with Crippen LogP contribution in [0.5, 0.6) is 0 Å². The van der Waals surface area contributed by atoms with Gasteiger partial charge in [0.05, 0.1) is 0 Å². The molecule has 6 nitrogen and oxygen atoms in total. The Labute approximate surface area is 355 Å². The fraction of sp³-hybridized carbons (Fsp3) is 0.596. The molecule has 1 atom stereocenters. The van der Waals surface area contributed by atoms with E-state index in [9.17, 15) is 14.4 Å². The van der Waals surface area contributed by atoms with Crippen LogP contribution in [0.4, 0.5) is 0 Å². The van der Waals surface area contributed by atoms with E-state index in [1.807, 2.05) is 54.7 Å². The van der Waals surface area contributed by atoms with Crippen LogP contribution in [0, 0.1) is 0 Å². The maximum absolute atomic E-state index is 12.7. The predicted octanol–water partition coefficient (Wildman–Crippen LogP) is 14.8. The third-order valence-electron chi connectivity index (χ3n) is 9.15. The van der Waals surface area contributed by atoms with E-state index >= 15 is 0 Å². The van der Waals surface area contributed by atoms with Gasteiger partial charge in [-0.25, -0.2) is 0 Å². The minimum atomic E-state index is -0.826. The molecular weight excluding hydrogens is 721 g/mol. The van der Waals surface area contributed by atoms with E-state index in [1.165, 1.54) is 38.5 Å². The zero-order chi connectivity index (χ0) is 42.3. The van der Waals surface area contributed by atoms with E-state index < -0.39 is 12.1 Å². The summed E-state index contributed by atoms with van der Waals surface area (Å²) in [6, 6.07) is 0. The summed E-state index contributed by atoms with van der Waals surface area (Å²) in [6.07, 6.45) is 60.8. The molecule has 0 rings (SSSR count).